The number of ether oxygens (including phenoxy) is 2. The molecule has 1 saturated heterocycles. The fourth-order valence-corrected chi connectivity index (χ4v) is 4.47. The number of benzene rings is 1. The first-order chi connectivity index (χ1) is 9.56. The van der Waals surface area contributed by atoms with Gasteiger partial charge in [-0.2, -0.15) is 0 Å². The predicted molar refractivity (Wildman–Crippen MR) is 95.6 cm³/mol. The number of rotatable bonds is 5. The first-order valence-corrected chi connectivity index (χ1v) is 8.69. The Hall–Kier alpha value is 0.630. The van der Waals surface area contributed by atoms with E-state index in [0.29, 0.717) is 12.3 Å². The van der Waals surface area contributed by atoms with Crippen LogP contribution in [0.1, 0.15) is 0 Å². The Morgan fingerprint density at radius 3 is 2.33 bits per heavy atom. The van der Waals surface area contributed by atoms with Gasteiger partial charge in [-0.1, -0.05) is 15.9 Å². The first-order valence-electron chi connectivity index (χ1n) is 6.32. The van der Waals surface area contributed by atoms with E-state index in [2.05, 4.69) is 52.7 Å². The Labute approximate surface area is 156 Å². The van der Waals surface area contributed by atoms with E-state index >= 15 is 0 Å². The van der Waals surface area contributed by atoms with Gasteiger partial charge in [0, 0.05) is 24.1 Å². The molecule has 1 heterocycles. The van der Waals surface area contributed by atoms with Crippen molar-refractivity contribution in [3.8, 4) is 5.75 Å². The second-order valence-electron chi connectivity index (χ2n) is 4.58. The zero-order chi connectivity index (χ0) is 14.5. The summed E-state index contributed by atoms with van der Waals surface area (Å²) in [6, 6.07) is 3.82. The van der Waals surface area contributed by atoms with Crippen LogP contribution in [-0.4, -0.2) is 55.6 Å². The summed E-state index contributed by atoms with van der Waals surface area (Å²) in [5, 5.41) is 10.1. The summed E-state index contributed by atoms with van der Waals surface area (Å²) >= 11 is 10.3. The van der Waals surface area contributed by atoms with Crippen LogP contribution in [0.5, 0.6) is 5.75 Å². The average Bonchev–Trinajstić information content (AvgIpc) is 2.38. The molecule has 1 fully saturated rings. The molecule has 0 radical (unpaired) electrons. The van der Waals surface area contributed by atoms with E-state index in [9.17, 15) is 5.11 Å². The minimum Gasteiger partial charge on any atom is -0.488 e. The fourth-order valence-electron chi connectivity index (χ4n) is 1.98. The lowest BCUT2D eigenvalue weighted by Crippen LogP contribution is -2.42. The summed E-state index contributed by atoms with van der Waals surface area (Å²) in [7, 11) is 0. The lowest BCUT2D eigenvalue weighted by atomic mass is 10.3. The van der Waals surface area contributed by atoms with E-state index in [0.717, 1.165) is 39.7 Å². The van der Waals surface area contributed by atoms with Gasteiger partial charge < -0.3 is 14.6 Å². The predicted octanol–water partition coefficient (Wildman–Crippen LogP) is 3.47. The number of β-amino-alcohol motifs (C(OH)–C–C–N with tert-alkyl or cyclic N) is 1. The molecule has 21 heavy (non-hydrogen) atoms. The Morgan fingerprint density at radius 1 is 1.19 bits per heavy atom. The minimum atomic E-state index is -0.518. The van der Waals surface area contributed by atoms with Crippen LogP contribution in [0.3, 0.4) is 0 Å². The van der Waals surface area contributed by atoms with E-state index in [-0.39, 0.29) is 19.0 Å². The SMILES string of the molecule is Cl.OC(COc1c(Br)cc(Br)cc1Br)CN1CCOCC1. The first kappa shape index (κ1) is 19.7. The van der Waals surface area contributed by atoms with E-state index in [1.54, 1.807) is 0 Å². The Balaban J connectivity index is 0.00000220. The molecule has 120 valence electrons. The Kier molecular flexibility index (Phi) is 9.09. The van der Waals surface area contributed by atoms with Crippen LogP contribution < -0.4 is 4.74 Å². The van der Waals surface area contributed by atoms with Crippen molar-refractivity contribution in [2.75, 3.05) is 39.5 Å². The van der Waals surface area contributed by atoms with Crippen molar-refractivity contribution in [1.29, 1.82) is 0 Å². The van der Waals surface area contributed by atoms with Crippen molar-refractivity contribution in [3.05, 3.63) is 25.6 Å². The average molecular weight is 510 g/mol. The van der Waals surface area contributed by atoms with Gasteiger partial charge in [0.05, 0.1) is 22.2 Å². The quantitative estimate of drug-likeness (QED) is 0.659. The number of morpholine rings is 1. The number of nitrogens with zero attached hydrogens (tertiary/aromatic N) is 1. The van der Waals surface area contributed by atoms with E-state index in [1.807, 2.05) is 12.1 Å². The fraction of sp³-hybridized carbons (Fsp3) is 0.538. The molecule has 8 heteroatoms. The van der Waals surface area contributed by atoms with E-state index in [4.69, 9.17) is 9.47 Å². The highest BCUT2D eigenvalue weighted by atomic mass is 79.9. The monoisotopic (exact) mass is 507 g/mol. The molecule has 1 unspecified atom stereocenters. The van der Waals surface area contributed by atoms with Gasteiger partial charge in [-0.05, 0) is 44.0 Å². The summed E-state index contributed by atoms with van der Waals surface area (Å²) in [6.45, 7) is 4.06. The smallest absolute Gasteiger partial charge is 0.147 e. The molecule has 1 aliphatic rings. The van der Waals surface area contributed by atoms with Crippen molar-refractivity contribution in [3.63, 3.8) is 0 Å². The molecule has 1 atom stereocenters. The molecular weight excluding hydrogens is 493 g/mol. The molecule has 0 saturated carbocycles. The maximum Gasteiger partial charge on any atom is 0.147 e. The Bertz CT molecular complexity index is 435. The molecule has 0 bridgehead atoms. The van der Waals surface area contributed by atoms with Crippen LogP contribution in [0.25, 0.3) is 0 Å². The van der Waals surface area contributed by atoms with Gasteiger partial charge in [-0.3, -0.25) is 4.90 Å². The van der Waals surface area contributed by atoms with Crippen LogP contribution in [0.15, 0.2) is 25.6 Å². The third-order valence-corrected chi connectivity index (χ3v) is 4.59. The lowest BCUT2D eigenvalue weighted by Gasteiger charge is -2.28. The highest BCUT2D eigenvalue weighted by Crippen LogP contribution is 2.36. The van der Waals surface area contributed by atoms with Gasteiger partial charge in [0.25, 0.3) is 0 Å². The van der Waals surface area contributed by atoms with Crippen LogP contribution in [-0.2, 0) is 4.74 Å². The summed E-state index contributed by atoms with van der Waals surface area (Å²) in [5.41, 5.74) is 0. The van der Waals surface area contributed by atoms with Gasteiger partial charge in [0.1, 0.15) is 18.5 Å². The Morgan fingerprint density at radius 2 is 1.76 bits per heavy atom. The van der Waals surface area contributed by atoms with Crippen LogP contribution in [0.2, 0.25) is 0 Å². The summed E-state index contributed by atoms with van der Waals surface area (Å²) in [6.07, 6.45) is -0.518. The van der Waals surface area contributed by atoms with Gasteiger partial charge in [-0.25, -0.2) is 0 Å². The third kappa shape index (κ3) is 6.33. The van der Waals surface area contributed by atoms with Crippen molar-refractivity contribution in [1.82, 2.24) is 4.90 Å². The second-order valence-corrected chi connectivity index (χ2v) is 7.20. The summed E-state index contributed by atoms with van der Waals surface area (Å²) in [4.78, 5) is 2.18. The minimum absolute atomic E-state index is 0. The van der Waals surface area contributed by atoms with Gasteiger partial charge in [0.15, 0.2) is 0 Å². The van der Waals surface area contributed by atoms with Gasteiger partial charge >= 0.3 is 0 Å². The second kappa shape index (κ2) is 9.70. The maximum atomic E-state index is 10.1. The van der Waals surface area contributed by atoms with Crippen LogP contribution in [0, 0.1) is 0 Å². The molecule has 1 aliphatic heterocycles. The molecule has 0 amide bonds. The van der Waals surface area contributed by atoms with Crippen molar-refractivity contribution in [2.24, 2.45) is 0 Å². The molecule has 0 aliphatic carbocycles. The zero-order valence-corrected chi connectivity index (χ0v) is 16.8. The number of aliphatic hydroxyl groups is 1. The number of hydrogen-bond acceptors (Lipinski definition) is 4. The third-order valence-electron chi connectivity index (χ3n) is 2.96. The number of hydrogen-bond donors (Lipinski definition) is 1. The molecule has 0 spiro atoms. The lowest BCUT2D eigenvalue weighted by molar-refractivity contribution is 0.00452. The molecule has 1 aromatic rings. The van der Waals surface area contributed by atoms with E-state index in [1.165, 1.54) is 0 Å². The van der Waals surface area contributed by atoms with E-state index < -0.39 is 6.10 Å². The van der Waals surface area contributed by atoms with Gasteiger partial charge in [0.2, 0.25) is 0 Å². The highest BCUT2D eigenvalue weighted by molar-refractivity contribution is 9.11. The summed E-state index contributed by atoms with van der Waals surface area (Å²) < 4.78 is 13.6. The topological polar surface area (TPSA) is 41.9 Å². The highest BCUT2D eigenvalue weighted by Gasteiger charge is 2.16. The standard InChI is InChI=1S/C13H16Br3NO3.ClH/c14-9-5-11(15)13(12(16)6-9)20-8-10(18)7-17-1-3-19-4-2-17;/h5-6,10,18H,1-4,7-8H2;1H. The molecule has 0 aromatic heterocycles. The van der Waals surface area contributed by atoms with Crippen LogP contribution >= 0.6 is 60.2 Å². The molecule has 4 nitrogen and oxygen atoms in total. The molecule has 1 aromatic carbocycles. The number of aliphatic hydroxyl groups excluding tert-OH is 1. The number of halogens is 4. The molecular formula is C13H17Br3ClNO3. The van der Waals surface area contributed by atoms with Crippen molar-refractivity contribution < 1.29 is 14.6 Å². The normalized spacial score (nSPS) is 17.1. The van der Waals surface area contributed by atoms with Crippen molar-refractivity contribution in [2.45, 2.75) is 6.10 Å². The van der Waals surface area contributed by atoms with Crippen molar-refractivity contribution >= 4 is 60.2 Å². The maximum absolute atomic E-state index is 10.1. The van der Waals surface area contributed by atoms with Crippen LogP contribution in [0.4, 0.5) is 0 Å². The molecule has 1 N–H and O–H groups in total. The summed E-state index contributed by atoms with van der Waals surface area (Å²) in [5.74, 6) is 0.703. The molecule has 2 rings (SSSR count). The van der Waals surface area contributed by atoms with Gasteiger partial charge in [-0.15, -0.1) is 12.4 Å². The zero-order valence-electron chi connectivity index (χ0n) is 11.2. The largest absolute Gasteiger partial charge is 0.488 e.